The number of anilines is 1. The number of fused-ring (bicyclic) bond motifs is 2. The van der Waals surface area contributed by atoms with Crippen molar-refractivity contribution in [3.05, 3.63) is 76.4 Å². The van der Waals surface area contributed by atoms with Crippen LogP contribution in [0.5, 0.6) is 11.5 Å². The number of ether oxygens (including phenoxy) is 2. The zero-order valence-electron chi connectivity index (χ0n) is 16.8. The van der Waals surface area contributed by atoms with Gasteiger partial charge in [0.1, 0.15) is 6.61 Å². The normalized spacial score (nSPS) is 26.9. The number of nitro groups is 1. The van der Waals surface area contributed by atoms with Gasteiger partial charge in [-0.25, -0.2) is 0 Å². The van der Waals surface area contributed by atoms with Gasteiger partial charge in [-0.1, -0.05) is 36.9 Å². The lowest BCUT2D eigenvalue weighted by molar-refractivity contribution is -0.532. The number of hydrogen-bond acceptors (Lipinski definition) is 6. The van der Waals surface area contributed by atoms with Crippen molar-refractivity contribution in [1.82, 2.24) is 5.32 Å². The van der Waals surface area contributed by atoms with E-state index in [2.05, 4.69) is 17.2 Å². The Balaban J connectivity index is 1.81. The molecular weight excluding hydrogens is 386 g/mol. The summed E-state index contributed by atoms with van der Waals surface area (Å²) >= 11 is 0. The zero-order valence-corrected chi connectivity index (χ0v) is 16.8. The van der Waals surface area contributed by atoms with Gasteiger partial charge in [-0.2, -0.15) is 0 Å². The molecule has 1 fully saturated rings. The number of nitrogens with one attached hydrogen (secondary N) is 2. The highest BCUT2D eigenvalue weighted by atomic mass is 16.6. The SMILES string of the molecule is C=CCOc1ccc([C@@H]2[C@H](C)N[C@]3(C(=O)Nc4ccccc43)[C@@H]2[N+](=O)[O-])cc1OC. The summed E-state index contributed by atoms with van der Waals surface area (Å²) in [5, 5.41) is 18.4. The summed E-state index contributed by atoms with van der Waals surface area (Å²) in [6.45, 7) is 5.80. The fourth-order valence-corrected chi connectivity index (χ4v) is 4.71. The smallest absolute Gasteiger partial charge is 0.256 e. The van der Waals surface area contributed by atoms with E-state index in [9.17, 15) is 14.9 Å². The van der Waals surface area contributed by atoms with Gasteiger partial charge in [0, 0.05) is 22.2 Å². The van der Waals surface area contributed by atoms with Gasteiger partial charge in [0.25, 0.3) is 11.9 Å². The fourth-order valence-electron chi connectivity index (χ4n) is 4.71. The summed E-state index contributed by atoms with van der Waals surface area (Å²) < 4.78 is 11.0. The van der Waals surface area contributed by atoms with E-state index in [1.165, 1.54) is 7.11 Å². The van der Waals surface area contributed by atoms with E-state index in [0.29, 0.717) is 34.9 Å². The van der Waals surface area contributed by atoms with Gasteiger partial charge in [0.2, 0.25) is 0 Å². The molecule has 1 spiro atoms. The molecule has 1 amide bonds. The highest BCUT2D eigenvalue weighted by molar-refractivity contribution is 6.07. The lowest BCUT2D eigenvalue weighted by Crippen LogP contribution is -2.54. The largest absolute Gasteiger partial charge is 0.493 e. The summed E-state index contributed by atoms with van der Waals surface area (Å²) in [5.41, 5.74) is 0.466. The predicted octanol–water partition coefficient (Wildman–Crippen LogP) is 2.83. The Hall–Kier alpha value is -3.39. The molecular formula is C22H23N3O5. The number of rotatable bonds is 6. The van der Waals surface area contributed by atoms with Crippen molar-refractivity contribution < 1.29 is 19.2 Å². The van der Waals surface area contributed by atoms with Crippen LogP contribution in [0.25, 0.3) is 0 Å². The average Bonchev–Trinajstić information content (AvgIpc) is 3.20. The Morgan fingerprint density at radius 2 is 2.03 bits per heavy atom. The van der Waals surface area contributed by atoms with Crippen LogP contribution in [0.3, 0.4) is 0 Å². The number of para-hydroxylation sites is 1. The highest BCUT2D eigenvalue weighted by Crippen LogP contribution is 2.50. The molecule has 2 heterocycles. The minimum atomic E-state index is -1.44. The first-order valence-corrected chi connectivity index (χ1v) is 9.67. The second-order valence-corrected chi connectivity index (χ2v) is 7.51. The molecule has 2 aliphatic heterocycles. The van der Waals surface area contributed by atoms with Crippen molar-refractivity contribution in [2.24, 2.45) is 0 Å². The van der Waals surface area contributed by atoms with Crippen molar-refractivity contribution in [1.29, 1.82) is 0 Å². The van der Waals surface area contributed by atoms with Crippen molar-refractivity contribution in [3.63, 3.8) is 0 Å². The molecule has 0 saturated carbocycles. The molecule has 2 N–H and O–H groups in total. The van der Waals surface area contributed by atoms with Crippen molar-refractivity contribution in [2.75, 3.05) is 19.0 Å². The quantitative estimate of drug-likeness (QED) is 0.432. The Morgan fingerprint density at radius 3 is 2.73 bits per heavy atom. The summed E-state index contributed by atoms with van der Waals surface area (Å²) in [5.74, 6) is 0.0360. The third-order valence-electron chi connectivity index (χ3n) is 5.89. The Labute approximate surface area is 174 Å². The fraction of sp³-hybridized carbons (Fsp3) is 0.318. The molecule has 30 heavy (non-hydrogen) atoms. The summed E-state index contributed by atoms with van der Waals surface area (Å²) in [7, 11) is 1.52. The number of carbonyl (C=O) groups is 1. The molecule has 0 unspecified atom stereocenters. The van der Waals surface area contributed by atoms with Crippen molar-refractivity contribution >= 4 is 11.6 Å². The molecule has 8 nitrogen and oxygen atoms in total. The third-order valence-corrected chi connectivity index (χ3v) is 5.89. The standard InChI is InChI=1S/C22H23N3O5/c1-4-11-30-17-10-9-14(12-18(17)29-3)19-13(2)24-22(20(19)25(27)28)15-7-5-6-8-16(15)23-21(22)26/h4-10,12-13,19-20,24H,1,11H2,2-3H3,(H,23,26)/t13-,19-,20+,22-/m0/s1. The van der Waals surface area contributed by atoms with Crippen molar-refractivity contribution in [3.8, 4) is 11.5 Å². The zero-order chi connectivity index (χ0) is 21.5. The Bertz CT molecular complexity index is 1020. The van der Waals surface area contributed by atoms with Gasteiger partial charge in [-0.3, -0.25) is 20.2 Å². The molecule has 0 aliphatic carbocycles. The van der Waals surface area contributed by atoms with Crippen LogP contribution >= 0.6 is 0 Å². The number of nitrogens with zero attached hydrogens (tertiary/aromatic N) is 1. The first kappa shape index (κ1) is 19.9. The molecule has 0 radical (unpaired) electrons. The van der Waals surface area contributed by atoms with Gasteiger partial charge in [-0.05, 0) is 30.7 Å². The Kier molecular flexibility index (Phi) is 4.95. The third kappa shape index (κ3) is 2.83. The van der Waals surface area contributed by atoms with E-state index < -0.39 is 23.4 Å². The van der Waals surface area contributed by atoms with Crippen LogP contribution in [0.4, 0.5) is 5.69 Å². The molecule has 2 aromatic rings. The van der Waals surface area contributed by atoms with Crippen LogP contribution in [0.2, 0.25) is 0 Å². The summed E-state index contributed by atoms with van der Waals surface area (Å²) in [6.07, 6.45) is 1.62. The van der Waals surface area contributed by atoms with Gasteiger partial charge in [-0.15, -0.1) is 0 Å². The van der Waals surface area contributed by atoms with Crippen LogP contribution in [0.15, 0.2) is 55.1 Å². The molecule has 0 bridgehead atoms. The van der Waals surface area contributed by atoms with Crippen LogP contribution in [0, 0.1) is 10.1 Å². The first-order valence-electron chi connectivity index (χ1n) is 9.67. The van der Waals surface area contributed by atoms with E-state index in [1.54, 1.807) is 48.5 Å². The minimum absolute atomic E-state index is 0.314. The lowest BCUT2D eigenvalue weighted by atomic mass is 9.78. The van der Waals surface area contributed by atoms with E-state index in [4.69, 9.17) is 9.47 Å². The van der Waals surface area contributed by atoms with Crippen molar-refractivity contribution in [2.45, 2.75) is 30.5 Å². The minimum Gasteiger partial charge on any atom is -0.493 e. The van der Waals surface area contributed by atoms with Gasteiger partial charge < -0.3 is 14.8 Å². The number of amides is 1. The summed E-state index contributed by atoms with van der Waals surface area (Å²) in [6, 6.07) is 10.8. The van der Waals surface area contributed by atoms with Gasteiger partial charge in [0.05, 0.1) is 13.0 Å². The number of hydrogen-bond donors (Lipinski definition) is 2. The topological polar surface area (TPSA) is 103 Å². The maximum absolute atomic E-state index is 13.1. The lowest BCUT2D eigenvalue weighted by Gasteiger charge is -2.25. The molecule has 2 aliphatic rings. The van der Waals surface area contributed by atoms with E-state index in [-0.39, 0.29) is 11.0 Å². The van der Waals surface area contributed by atoms with Crippen LogP contribution in [-0.2, 0) is 10.3 Å². The predicted molar refractivity (Wildman–Crippen MR) is 112 cm³/mol. The monoisotopic (exact) mass is 409 g/mol. The second kappa shape index (κ2) is 7.46. The van der Waals surface area contributed by atoms with Crippen LogP contribution in [-0.4, -0.2) is 36.6 Å². The van der Waals surface area contributed by atoms with E-state index >= 15 is 0 Å². The molecule has 4 rings (SSSR count). The highest BCUT2D eigenvalue weighted by Gasteiger charge is 2.67. The number of benzene rings is 2. The molecule has 156 valence electrons. The van der Waals surface area contributed by atoms with Gasteiger partial charge >= 0.3 is 0 Å². The summed E-state index contributed by atoms with van der Waals surface area (Å²) in [4.78, 5) is 25.0. The number of carbonyl (C=O) groups excluding carboxylic acids is 1. The maximum Gasteiger partial charge on any atom is 0.256 e. The van der Waals surface area contributed by atoms with E-state index in [1.807, 2.05) is 6.92 Å². The van der Waals surface area contributed by atoms with Crippen LogP contribution < -0.4 is 20.1 Å². The molecule has 4 atom stereocenters. The molecule has 8 heteroatoms. The molecule has 0 aromatic heterocycles. The average molecular weight is 409 g/mol. The van der Waals surface area contributed by atoms with E-state index in [0.717, 1.165) is 0 Å². The second-order valence-electron chi connectivity index (χ2n) is 7.51. The van der Waals surface area contributed by atoms with Gasteiger partial charge in [0.15, 0.2) is 17.0 Å². The first-order chi connectivity index (χ1) is 14.4. The Morgan fingerprint density at radius 1 is 1.27 bits per heavy atom. The molecule has 1 saturated heterocycles. The molecule has 2 aromatic carbocycles. The van der Waals surface area contributed by atoms with Crippen LogP contribution in [0.1, 0.15) is 24.0 Å². The number of methoxy groups -OCH3 is 1. The maximum atomic E-state index is 13.1.